The molecule has 1 aromatic carbocycles. The van der Waals surface area contributed by atoms with E-state index in [2.05, 4.69) is 23.4 Å². The molecule has 0 saturated heterocycles. The van der Waals surface area contributed by atoms with Crippen molar-refractivity contribution in [3.8, 4) is 0 Å². The summed E-state index contributed by atoms with van der Waals surface area (Å²) in [6.45, 7) is 4.21. The number of rotatable bonds is 6. The minimum Gasteiger partial charge on any atom is -0.382 e. The van der Waals surface area contributed by atoms with Crippen LogP contribution < -0.4 is 11.5 Å². The molecule has 6 heteroatoms. The largest absolute Gasteiger partial charge is 0.382 e. The first-order chi connectivity index (χ1) is 11.5. The fourth-order valence-electron chi connectivity index (χ4n) is 3.22. The minimum atomic E-state index is -0.283. The van der Waals surface area contributed by atoms with Gasteiger partial charge in [-0.15, -0.1) is 0 Å². The average molecular weight is 325 g/mol. The molecule has 0 aliphatic rings. The van der Waals surface area contributed by atoms with Crippen LogP contribution in [0.25, 0.3) is 21.9 Å². The van der Waals surface area contributed by atoms with Crippen LogP contribution in [0.5, 0.6) is 0 Å². The van der Waals surface area contributed by atoms with Gasteiger partial charge < -0.3 is 16.0 Å². The number of nitrogen functional groups attached to an aromatic ring is 1. The number of fused-ring (bicyclic) bond motifs is 3. The minimum absolute atomic E-state index is 0.106. The van der Waals surface area contributed by atoms with Gasteiger partial charge in [0.1, 0.15) is 11.3 Å². The Hall–Kier alpha value is -2.63. The molecule has 0 radical (unpaired) electrons. The monoisotopic (exact) mass is 325 g/mol. The fourth-order valence-corrected chi connectivity index (χ4v) is 3.22. The van der Waals surface area contributed by atoms with Crippen molar-refractivity contribution in [2.24, 2.45) is 5.73 Å². The van der Waals surface area contributed by atoms with E-state index in [0.29, 0.717) is 18.7 Å². The number of para-hydroxylation sites is 1. The molecule has 2 aromatic heterocycles. The third kappa shape index (κ3) is 2.79. The lowest BCUT2D eigenvalue weighted by molar-refractivity contribution is -0.118. The predicted molar refractivity (Wildman–Crippen MR) is 96.6 cm³/mol. The van der Waals surface area contributed by atoms with Crippen molar-refractivity contribution in [3.05, 3.63) is 30.1 Å². The number of carbonyl (C=O) groups is 1. The molecule has 1 atom stereocenters. The Morgan fingerprint density at radius 3 is 2.75 bits per heavy atom. The molecule has 3 aromatic rings. The highest BCUT2D eigenvalue weighted by molar-refractivity contribution is 6.06. The number of anilines is 1. The van der Waals surface area contributed by atoms with Crippen molar-refractivity contribution in [2.75, 3.05) is 5.73 Å². The average Bonchev–Trinajstić information content (AvgIpc) is 2.93. The second-order valence-corrected chi connectivity index (χ2v) is 6.21. The third-order valence-corrected chi connectivity index (χ3v) is 4.35. The molecular weight excluding hydrogens is 302 g/mol. The Kier molecular flexibility index (Phi) is 4.38. The van der Waals surface area contributed by atoms with Gasteiger partial charge in [0.2, 0.25) is 5.91 Å². The first-order valence-electron chi connectivity index (χ1n) is 8.36. The number of benzene rings is 1. The van der Waals surface area contributed by atoms with Crippen molar-refractivity contribution in [2.45, 2.75) is 45.6 Å². The fraction of sp³-hybridized carbons (Fsp3) is 0.389. The summed E-state index contributed by atoms with van der Waals surface area (Å²) < 4.78 is 2.21. The molecule has 126 valence electrons. The molecule has 4 N–H and O–H groups in total. The van der Waals surface area contributed by atoms with Gasteiger partial charge in [-0.05, 0) is 25.8 Å². The van der Waals surface area contributed by atoms with Crippen molar-refractivity contribution >= 4 is 33.7 Å². The summed E-state index contributed by atoms with van der Waals surface area (Å²) in [6.07, 6.45) is 2.86. The zero-order valence-electron chi connectivity index (χ0n) is 14.1. The Labute approximate surface area is 140 Å². The third-order valence-electron chi connectivity index (χ3n) is 4.35. The van der Waals surface area contributed by atoms with Crippen LogP contribution in [0.3, 0.4) is 0 Å². The van der Waals surface area contributed by atoms with Crippen LogP contribution in [0.1, 0.15) is 45.0 Å². The number of nitrogens with zero attached hydrogens (tertiary/aromatic N) is 3. The Bertz CT molecular complexity index is 899. The van der Waals surface area contributed by atoms with Crippen LogP contribution in [0.2, 0.25) is 0 Å². The lowest BCUT2D eigenvalue weighted by Gasteiger charge is -2.18. The normalized spacial score (nSPS) is 12.8. The quantitative estimate of drug-likeness (QED) is 0.727. The van der Waals surface area contributed by atoms with Crippen LogP contribution in [0.4, 0.5) is 5.82 Å². The van der Waals surface area contributed by atoms with Gasteiger partial charge in [0.05, 0.1) is 11.0 Å². The maximum atomic E-state index is 11.2. The van der Waals surface area contributed by atoms with E-state index >= 15 is 0 Å². The molecule has 0 saturated carbocycles. The van der Waals surface area contributed by atoms with E-state index in [0.717, 1.165) is 40.6 Å². The van der Waals surface area contributed by atoms with Crippen molar-refractivity contribution < 1.29 is 4.79 Å². The molecule has 0 spiro atoms. The maximum Gasteiger partial charge on any atom is 0.217 e. The van der Waals surface area contributed by atoms with Gasteiger partial charge >= 0.3 is 0 Å². The highest BCUT2D eigenvalue weighted by Gasteiger charge is 2.20. The van der Waals surface area contributed by atoms with Crippen LogP contribution in [-0.4, -0.2) is 20.4 Å². The lowest BCUT2D eigenvalue weighted by Crippen LogP contribution is -2.15. The predicted octanol–water partition coefficient (Wildman–Crippen LogP) is 2.95. The van der Waals surface area contributed by atoms with Crippen LogP contribution >= 0.6 is 0 Å². The Balaban J connectivity index is 2.26. The highest BCUT2D eigenvalue weighted by Crippen LogP contribution is 2.32. The van der Waals surface area contributed by atoms with E-state index in [9.17, 15) is 4.79 Å². The first kappa shape index (κ1) is 16.2. The summed E-state index contributed by atoms with van der Waals surface area (Å²) in [5.74, 6) is 1.14. The van der Waals surface area contributed by atoms with Crippen molar-refractivity contribution in [1.29, 1.82) is 0 Å². The number of amides is 1. The number of aromatic nitrogens is 3. The van der Waals surface area contributed by atoms with E-state index in [-0.39, 0.29) is 11.9 Å². The summed E-state index contributed by atoms with van der Waals surface area (Å²) >= 11 is 0. The summed E-state index contributed by atoms with van der Waals surface area (Å²) in [5, 5.41) is 1.03. The van der Waals surface area contributed by atoms with E-state index in [4.69, 9.17) is 16.5 Å². The molecule has 0 bridgehead atoms. The van der Waals surface area contributed by atoms with E-state index in [1.165, 1.54) is 0 Å². The Morgan fingerprint density at radius 1 is 1.29 bits per heavy atom. The molecule has 3 rings (SSSR count). The van der Waals surface area contributed by atoms with Crippen molar-refractivity contribution in [1.82, 2.24) is 14.5 Å². The molecule has 0 aliphatic carbocycles. The van der Waals surface area contributed by atoms with Gasteiger partial charge in [0.15, 0.2) is 5.82 Å². The van der Waals surface area contributed by atoms with Gasteiger partial charge in [-0.3, -0.25) is 4.79 Å². The summed E-state index contributed by atoms with van der Waals surface area (Å²) in [4.78, 5) is 20.4. The molecular formula is C18H23N5O. The summed E-state index contributed by atoms with van der Waals surface area (Å²) in [6, 6.07) is 8.04. The van der Waals surface area contributed by atoms with Crippen LogP contribution in [-0.2, 0) is 11.2 Å². The molecule has 0 aliphatic heterocycles. The smallest absolute Gasteiger partial charge is 0.217 e. The van der Waals surface area contributed by atoms with E-state index < -0.39 is 0 Å². The number of nitrogens with two attached hydrogens (primary N) is 2. The molecule has 24 heavy (non-hydrogen) atoms. The van der Waals surface area contributed by atoms with Gasteiger partial charge in [-0.25, -0.2) is 9.97 Å². The Morgan fingerprint density at radius 2 is 2.04 bits per heavy atom. The van der Waals surface area contributed by atoms with Gasteiger partial charge in [0.25, 0.3) is 0 Å². The highest BCUT2D eigenvalue weighted by atomic mass is 16.1. The number of imidazole rings is 1. The number of aryl methyl sites for hydroxylation is 1. The second-order valence-electron chi connectivity index (χ2n) is 6.21. The molecule has 0 fully saturated rings. The van der Waals surface area contributed by atoms with E-state index in [1.54, 1.807) is 0 Å². The summed E-state index contributed by atoms with van der Waals surface area (Å²) in [7, 11) is 0. The zero-order chi connectivity index (χ0) is 17.3. The first-order valence-corrected chi connectivity index (χ1v) is 8.36. The van der Waals surface area contributed by atoms with Gasteiger partial charge in [-0.2, -0.15) is 0 Å². The van der Waals surface area contributed by atoms with Gasteiger partial charge in [0, 0.05) is 24.3 Å². The molecule has 2 heterocycles. The maximum absolute atomic E-state index is 11.2. The number of hydrogen-bond acceptors (Lipinski definition) is 4. The molecule has 1 amide bonds. The molecule has 1 unspecified atom stereocenters. The number of carbonyl (C=O) groups excluding carboxylic acids is 1. The molecule has 6 nitrogen and oxygen atoms in total. The standard InChI is InChI=1S/C18H23N5O/c1-3-6-15-22-16-17(23(15)11(2)9-10-14(19)24)12-7-4-5-8-13(12)21-18(16)20/h4-5,7-8,11H,3,6,9-10H2,1-2H3,(H2,19,24)(H2,20,21). The van der Waals surface area contributed by atoms with Crippen LogP contribution in [0.15, 0.2) is 24.3 Å². The van der Waals surface area contributed by atoms with Crippen molar-refractivity contribution in [3.63, 3.8) is 0 Å². The lowest BCUT2D eigenvalue weighted by atomic mass is 10.1. The van der Waals surface area contributed by atoms with Gasteiger partial charge in [-0.1, -0.05) is 25.1 Å². The number of hydrogen-bond donors (Lipinski definition) is 2. The zero-order valence-corrected chi connectivity index (χ0v) is 14.1. The van der Waals surface area contributed by atoms with Crippen LogP contribution in [0, 0.1) is 0 Å². The topological polar surface area (TPSA) is 99.8 Å². The number of pyridine rings is 1. The second kappa shape index (κ2) is 6.47. The SMILES string of the molecule is CCCc1nc2c(N)nc3ccccc3c2n1C(C)CCC(N)=O. The summed E-state index contributed by atoms with van der Waals surface area (Å²) in [5.41, 5.74) is 14.1. The van der Waals surface area contributed by atoms with E-state index in [1.807, 2.05) is 24.3 Å². The number of primary amides is 1.